The fourth-order valence-electron chi connectivity index (χ4n) is 3.30. The van der Waals surface area contributed by atoms with Crippen molar-refractivity contribution in [2.24, 2.45) is 5.73 Å². The summed E-state index contributed by atoms with van der Waals surface area (Å²) in [4.78, 5) is 20.8. The highest BCUT2D eigenvalue weighted by atomic mass is 79.9. The average Bonchev–Trinajstić information content (AvgIpc) is 3.04. The highest BCUT2D eigenvalue weighted by Crippen LogP contribution is 2.33. The van der Waals surface area contributed by atoms with Crippen molar-refractivity contribution >= 4 is 38.4 Å². The van der Waals surface area contributed by atoms with Crippen LogP contribution in [0.2, 0.25) is 0 Å². The molecule has 134 valence electrons. The normalized spacial score (nSPS) is 15.5. The Kier molecular flexibility index (Phi) is 4.37. The molecule has 26 heavy (non-hydrogen) atoms. The van der Waals surface area contributed by atoms with E-state index in [0.717, 1.165) is 48.3 Å². The summed E-state index contributed by atoms with van der Waals surface area (Å²) in [6.45, 7) is 3.92. The number of piperazine rings is 1. The molecule has 7 nitrogen and oxygen atoms in total. The smallest absolute Gasteiger partial charge is 0.249 e. The first-order valence-electron chi connectivity index (χ1n) is 8.40. The number of hydrogen-bond acceptors (Lipinski definition) is 5. The van der Waals surface area contributed by atoms with Gasteiger partial charge in [-0.2, -0.15) is 5.10 Å². The number of carbonyl (C=O) groups excluding carboxylic acids is 1. The molecule has 0 aliphatic carbocycles. The highest BCUT2D eigenvalue weighted by Gasteiger charge is 2.20. The molecule has 1 saturated heterocycles. The molecule has 0 radical (unpaired) electrons. The number of benzene rings is 1. The lowest BCUT2D eigenvalue weighted by Crippen LogP contribution is -2.44. The number of likely N-dealkylation sites (N-methyl/N-ethyl adjacent to an activating group) is 1. The van der Waals surface area contributed by atoms with Crippen LogP contribution in [0.1, 0.15) is 10.4 Å². The van der Waals surface area contributed by atoms with Gasteiger partial charge in [0.15, 0.2) is 0 Å². The number of aromatic nitrogens is 3. The summed E-state index contributed by atoms with van der Waals surface area (Å²) in [7, 11) is 2.13. The van der Waals surface area contributed by atoms with Crippen LogP contribution < -0.4 is 10.6 Å². The van der Waals surface area contributed by atoms with Crippen LogP contribution >= 0.6 is 15.9 Å². The minimum atomic E-state index is -0.464. The van der Waals surface area contributed by atoms with Crippen molar-refractivity contribution in [3.05, 3.63) is 40.6 Å². The van der Waals surface area contributed by atoms with Gasteiger partial charge in [0.1, 0.15) is 10.3 Å². The molecule has 4 rings (SSSR count). The van der Waals surface area contributed by atoms with Crippen molar-refractivity contribution in [3.63, 3.8) is 0 Å². The van der Waals surface area contributed by atoms with E-state index in [9.17, 15) is 4.79 Å². The number of carbonyl (C=O) groups is 1. The van der Waals surface area contributed by atoms with Crippen molar-refractivity contribution in [1.82, 2.24) is 20.1 Å². The van der Waals surface area contributed by atoms with Gasteiger partial charge in [0.2, 0.25) is 5.91 Å². The molecule has 1 fully saturated rings. The minimum Gasteiger partial charge on any atom is -0.369 e. The summed E-state index contributed by atoms with van der Waals surface area (Å²) in [5, 5.41) is 8.30. The van der Waals surface area contributed by atoms with Gasteiger partial charge < -0.3 is 15.5 Å². The standard InChI is InChI=1S/C18H19BrN6O/c1-24-4-6-25(7-5-24)11-2-3-12(18(20)26)13(8-11)17-14-9-16(19)21-10-15(14)22-23-17/h2-3,8-10H,4-7H2,1H3,(H2,20,26)(H,22,23). The molecule has 1 aromatic carbocycles. The van der Waals surface area contributed by atoms with E-state index in [1.54, 1.807) is 12.3 Å². The van der Waals surface area contributed by atoms with E-state index in [1.807, 2.05) is 18.2 Å². The maximum Gasteiger partial charge on any atom is 0.249 e. The third kappa shape index (κ3) is 3.06. The Bertz CT molecular complexity index is 977. The number of anilines is 1. The van der Waals surface area contributed by atoms with Crippen molar-refractivity contribution in [2.75, 3.05) is 38.1 Å². The maximum atomic E-state index is 12.0. The Balaban J connectivity index is 1.83. The van der Waals surface area contributed by atoms with E-state index in [0.29, 0.717) is 15.9 Å². The molecule has 0 spiro atoms. The van der Waals surface area contributed by atoms with Crippen LogP contribution in [0.5, 0.6) is 0 Å². The highest BCUT2D eigenvalue weighted by molar-refractivity contribution is 9.10. The fourth-order valence-corrected chi connectivity index (χ4v) is 3.63. The number of fused-ring (bicyclic) bond motifs is 1. The number of primary amides is 1. The Labute approximate surface area is 159 Å². The van der Waals surface area contributed by atoms with Crippen molar-refractivity contribution in [2.45, 2.75) is 0 Å². The van der Waals surface area contributed by atoms with E-state index >= 15 is 0 Å². The monoisotopic (exact) mass is 414 g/mol. The van der Waals surface area contributed by atoms with Crippen LogP contribution in [0.25, 0.3) is 22.2 Å². The Hall–Kier alpha value is -2.45. The number of nitrogens with zero attached hydrogens (tertiary/aromatic N) is 4. The summed E-state index contributed by atoms with van der Waals surface area (Å²) in [5.74, 6) is -0.464. The number of halogens is 1. The summed E-state index contributed by atoms with van der Waals surface area (Å²) in [6, 6.07) is 7.65. The zero-order valence-electron chi connectivity index (χ0n) is 14.4. The van der Waals surface area contributed by atoms with E-state index in [1.165, 1.54) is 0 Å². The number of amides is 1. The number of pyridine rings is 1. The van der Waals surface area contributed by atoms with E-state index in [4.69, 9.17) is 5.73 Å². The van der Waals surface area contributed by atoms with Crippen LogP contribution in [0.3, 0.4) is 0 Å². The van der Waals surface area contributed by atoms with Crippen molar-refractivity contribution in [1.29, 1.82) is 0 Å². The van der Waals surface area contributed by atoms with Gasteiger partial charge in [-0.05, 0) is 47.2 Å². The molecule has 0 unspecified atom stereocenters. The lowest BCUT2D eigenvalue weighted by Gasteiger charge is -2.34. The predicted octanol–water partition coefficient (Wildman–Crippen LogP) is 2.24. The summed E-state index contributed by atoms with van der Waals surface area (Å²) < 4.78 is 0.712. The van der Waals surface area contributed by atoms with E-state index in [2.05, 4.69) is 48.0 Å². The number of nitrogens with two attached hydrogens (primary N) is 1. The second kappa shape index (κ2) is 6.69. The average molecular weight is 415 g/mol. The Morgan fingerprint density at radius 1 is 1.23 bits per heavy atom. The third-order valence-corrected chi connectivity index (χ3v) is 5.24. The molecule has 1 aliphatic rings. The summed E-state index contributed by atoms with van der Waals surface area (Å²) in [5.41, 5.74) is 9.40. The van der Waals surface area contributed by atoms with Crippen molar-refractivity contribution < 1.29 is 4.79 Å². The van der Waals surface area contributed by atoms with Crippen LogP contribution in [0.4, 0.5) is 5.69 Å². The molecule has 0 saturated carbocycles. The van der Waals surface area contributed by atoms with Gasteiger partial charge in [0, 0.05) is 48.4 Å². The largest absolute Gasteiger partial charge is 0.369 e. The number of nitrogens with one attached hydrogen (secondary N) is 1. The fraction of sp³-hybridized carbons (Fsp3) is 0.278. The Morgan fingerprint density at radius 2 is 2.00 bits per heavy atom. The maximum absolute atomic E-state index is 12.0. The molecule has 1 aliphatic heterocycles. The first-order chi connectivity index (χ1) is 12.5. The van der Waals surface area contributed by atoms with Gasteiger partial charge in [-0.15, -0.1) is 0 Å². The predicted molar refractivity (Wildman–Crippen MR) is 105 cm³/mol. The molecule has 8 heteroatoms. The van der Waals surface area contributed by atoms with Crippen molar-refractivity contribution in [3.8, 4) is 11.3 Å². The minimum absolute atomic E-state index is 0.462. The lowest BCUT2D eigenvalue weighted by atomic mass is 10.00. The van der Waals surface area contributed by atoms with Gasteiger partial charge in [-0.25, -0.2) is 4.98 Å². The molecular weight excluding hydrogens is 396 g/mol. The van der Waals surface area contributed by atoms with Crippen LogP contribution in [0, 0.1) is 0 Å². The van der Waals surface area contributed by atoms with Crippen LogP contribution in [-0.2, 0) is 0 Å². The third-order valence-electron chi connectivity index (χ3n) is 4.81. The SMILES string of the molecule is CN1CCN(c2ccc(C(N)=O)c(-c3n[nH]c4cnc(Br)cc34)c2)CC1. The Morgan fingerprint density at radius 3 is 2.73 bits per heavy atom. The molecule has 3 aromatic rings. The van der Waals surface area contributed by atoms with Gasteiger partial charge in [-0.3, -0.25) is 9.89 Å². The lowest BCUT2D eigenvalue weighted by molar-refractivity contribution is 0.100. The second-order valence-electron chi connectivity index (χ2n) is 6.51. The van der Waals surface area contributed by atoms with Gasteiger partial charge in [-0.1, -0.05) is 0 Å². The molecule has 2 aromatic heterocycles. The number of aromatic amines is 1. The quantitative estimate of drug-likeness (QED) is 0.641. The molecule has 0 atom stereocenters. The number of H-pyrrole nitrogens is 1. The van der Waals surface area contributed by atoms with Gasteiger partial charge in [0.25, 0.3) is 0 Å². The zero-order chi connectivity index (χ0) is 18.3. The molecule has 3 N–H and O–H groups in total. The topological polar surface area (TPSA) is 91.1 Å². The van der Waals surface area contributed by atoms with E-state index < -0.39 is 5.91 Å². The van der Waals surface area contributed by atoms with Gasteiger partial charge in [0.05, 0.1) is 11.7 Å². The molecule has 3 heterocycles. The summed E-state index contributed by atoms with van der Waals surface area (Å²) in [6.07, 6.45) is 1.71. The first kappa shape index (κ1) is 17.0. The molecule has 0 bridgehead atoms. The summed E-state index contributed by atoms with van der Waals surface area (Å²) >= 11 is 3.40. The molecule has 1 amide bonds. The van der Waals surface area contributed by atoms with Gasteiger partial charge >= 0.3 is 0 Å². The number of rotatable bonds is 3. The molecular formula is C18H19BrN6O. The van der Waals surface area contributed by atoms with E-state index in [-0.39, 0.29) is 0 Å². The second-order valence-corrected chi connectivity index (χ2v) is 7.32. The van der Waals surface area contributed by atoms with Crippen LogP contribution in [-0.4, -0.2) is 59.2 Å². The first-order valence-corrected chi connectivity index (χ1v) is 9.19. The zero-order valence-corrected chi connectivity index (χ0v) is 16.0. The van der Waals surface area contributed by atoms with Crippen LogP contribution in [0.15, 0.2) is 35.1 Å². The number of hydrogen-bond donors (Lipinski definition) is 2.